The number of esters is 1. The first kappa shape index (κ1) is 18.9. The van der Waals surface area contributed by atoms with E-state index < -0.39 is 5.97 Å². The molecule has 0 radical (unpaired) electrons. The fourth-order valence-corrected chi connectivity index (χ4v) is 2.75. The minimum absolute atomic E-state index is 0.292. The first-order chi connectivity index (χ1) is 12.1. The standard InChI is InChI=1S/C19H21NO4S/c1-14-3-9-17(10-4-14)25-12-11-20-18(21)13-24-19(22)15-5-7-16(23-2)8-6-15/h3-10H,11-13H2,1-2H3,(H,20,21). The highest BCUT2D eigenvalue weighted by Gasteiger charge is 2.10. The second-order valence-corrected chi connectivity index (χ2v) is 6.48. The van der Waals surface area contributed by atoms with Crippen molar-refractivity contribution in [3.05, 3.63) is 59.7 Å². The molecule has 0 heterocycles. The van der Waals surface area contributed by atoms with Crippen molar-refractivity contribution < 1.29 is 19.1 Å². The lowest BCUT2D eigenvalue weighted by molar-refractivity contribution is -0.124. The molecule has 0 fully saturated rings. The molecule has 0 saturated heterocycles. The summed E-state index contributed by atoms with van der Waals surface area (Å²) in [4.78, 5) is 24.7. The highest BCUT2D eigenvalue weighted by Crippen LogP contribution is 2.17. The molecule has 0 aliphatic heterocycles. The molecule has 0 aliphatic rings. The van der Waals surface area contributed by atoms with Crippen molar-refractivity contribution in [2.24, 2.45) is 0 Å². The number of carbonyl (C=O) groups is 2. The molecule has 0 aliphatic carbocycles. The Hall–Kier alpha value is -2.47. The SMILES string of the molecule is COc1ccc(C(=O)OCC(=O)NCCSc2ccc(C)cc2)cc1. The van der Waals surface area contributed by atoms with Crippen molar-refractivity contribution in [3.63, 3.8) is 0 Å². The van der Waals surface area contributed by atoms with Crippen LogP contribution in [0.2, 0.25) is 0 Å². The van der Waals surface area contributed by atoms with E-state index in [1.165, 1.54) is 5.56 Å². The molecular formula is C19H21NO4S. The van der Waals surface area contributed by atoms with Crippen LogP contribution in [0, 0.1) is 6.92 Å². The van der Waals surface area contributed by atoms with E-state index in [2.05, 4.69) is 29.6 Å². The normalized spacial score (nSPS) is 10.2. The summed E-state index contributed by atoms with van der Waals surface area (Å²) < 4.78 is 10.0. The maximum absolute atomic E-state index is 11.8. The van der Waals surface area contributed by atoms with Crippen LogP contribution in [0.5, 0.6) is 5.75 Å². The maximum Gasteiger partial charge on any atom is 0.338 e. The van der Waals surface area contributed by atoms with Gasteiger partial charge in [0.05, 0.1) is 12.7 Å². The van der Waals surface area contributed by atoms with E-state index >= 15 is 0 Å². The second kappa shape index (κ2) is 9.74. The van der Waals surface area contributed by atoms with E-state index in [-0.39, 0.29) is 12.5 Å². The number of hydrogen-bond acceptors (Lipinski definition) is 5. The third kappa shape index (κ3) is 6.51. The summed E-state index contributed by atoms with van der Waals surface area (Å²) in [5.41, 5.74) is 1.60. The van der Waals surface area contributed by atoms with Crippen molar-refractivity contribution in [2.75, 3.05) is 26.0 Å². The summed E-state index contributed by atoms with van der Waals surface area (Å²) in [7, 11) is 1.55. The van der Waals surface area contributed by atoms with Gasteiger partial charge < -0.3 is 14.8 Å². The van der Waals surface area contributed by atoms with Gasteiger partial charge in [-0.3, -0.25) is 4.79 Å². The summed E-state index contributed by atoms with van der Waals surface area (Å²) in [5.74, 6) is 0.555. The summed E-state index contributed by atoms with van der Waals surface area (Å²) in [6, 6.07) is 14.7. The highest BCUT2D eigenvalue weighted by atomic mass is 32.2. The third-order valence-corrected chi connectivity index (χ3v) is 4.39. The van der Waals surface area contributed by atoms with Gasteiger partial charge in [-0.2, -0.15) is 0 Å². The van der Waals surface area contributed by atoms with Gasteiger partial charge >= 0.3 is 5.97 Å². The minimum atomic E-state index is -0.535. The topological polar surface area (TPSA) is 64.6 Å². The lowest BCUT2D eigenvalue weighted by Gasteiger charge is -2.07. The third-order valence-electron chi connectivity index (χ3n) is 3.37. The van der Waals surface area contributed by atoms with Crippen molar-refractivity contribution in [2.45, 2.75) is 11.8 Å². The molecule has 2 rings (SSSR count). The van der Waals surface area contributed by atoms with Crippen molar-refractivity contribution in [1.29, 1.82) is 0 Å². The van der Waals surface area contributed by atoms with Crippen molar-refractivity contribution in [3.8, 4) is 5.75 Å². The predicted octanol–water partition coefficient (Wildman–Crippen LogP) is 3.07. The van der Waals surface area contributed by atoms with Crippen LogP contribution in [0.4, 0.5) is 0 Å². The summed E-state index contributed by atoms with van der Waals surface area (Å²) in [6.45, 7) is 2.26. The number of rotatable bonds is 8. The number of carbonyl (C=O) groups excluding carboxylic acids is 2. The lowest BCUT2D eigenvalue weighted by atomic mass is 10.2. The first-order valence-electron chi connectivity index (χ1n) is 7.86. The Morgan fingerprint density at radius 3 is 2.36 bits per heavy atom. The Bertz CT molecular complexity index is 698. The van der Waals surface area contributed by atoms with Crippen LogP contribution in [0.1, 0.15) is 15.9 Å². The van der Waals surface area contributed by atoms with Gasteiger partial charge in [0.15, 0.2) is 6.61 Å². The number of amides is 1. The summed E-state index contributed by atoms with van der Waals surface area (Å²) in [5, 5.41) is 2.73. The molecule has 6 heteroatoms. The van der Waals surface area contributed by atoms with Gasteiger partial charge in [0.2, 0.25) is 0 Å². The molecule has 0 bridgehead atoms. The lowest BCUT2D eigenvalue weighted by Crippen LogP contribution is -2.30. The van der Waals surface area contributed by atoms with Gasteiger partial charge in [-0.1, -0.05) is 17.7 Å². The molecule has 5 nitrogen and oxygen atoms in total. The molecule has 2 aromatic carbocycles. The van der Waals surface area contributed by atoms with Crippen LogP contribution in [0.3, 0.4) is 0 Å². The molecular weight excluding hydrogens is 338 g/mol. The molecule has 0 unspecified atom stereocenters. The monoisotopic (exact) mass is 359 g/mol. The van der Waals surface area contributed by atoms with Crippen LogP contribution in [0.25, 0.3) is 0 Å². The average Bonchev–Trinajstić information content (AvgIpc) is 2.64. The Morgan fingerprint density at radius 1 is 1.04 bits per heavy atom. The van der Waals surface area contributed by atoms with Crippen LogP contribution in [-0.4, -0.2) is 37.9 Å². The Kier molecular flexibility index (Phi) is 7.35. The van der Waals surface area contributed by atoms with Gasteiger partial charge in [0.1, 0.15) is 5.75 Å². The molecule has 0 saturated carbocycles. The van der Waals surface area contributed by atoms with E-state index in [1.807, 2.05) is 6.92 Å². The molecule has 25 heavy (non-hydrogen) atoms. The van der Waals surface area contributed by atoms with E-state index in [1.54, 1.807) is 43.1 Å². The van der Waals surface area contributed by atoms with Gasteiger partial charge in [-0.25, -0.2) is 4.79 Å². The molecule has 132 valence electrons. The molecule has 0 spiro atoms. The number of aryl methyl sites for hydroxylation is 1. The fourth-order valence-electron chi connectivity index (χ4n) is 1.99. The smallest absolute Gasteiger partial charge is 0.338 e. The van der Waals surface area contributed by atoms with Crippen LogP contribution >= 0.6 is 11.8 Å². The quantitative estimate of drug-likeness (QED) is 0.446. The maximum atomic E-state index is 11.8. The average molecular weight is 359 g/mol. The Labute approximate surface area is 151 Å². The molecule has 2 aromatic rings. The highest BCUT2D eigenvalue weighted by molar-refractivity contribution is 7.99. The molecule has 1 N–H and O–H groups in total. The molecule has 1 amide bonds. The van der Waals surface area contributed by atoms with E-state index in [0.29, 0.717) is 17.9 Å². The van der Waals surface area contributed by atoms with E-state index in [0.717, 1.165) is 10.6 Å². The Morgan fingerprint density at radius 2 is 1.72 bits per heavy atom. The second-order valence-electron chi connectivity index (χ2n) is 5.32. The van der Waals surface area contributed by atoms with Gasteiger partial charge in [-0.15, -0.1) is 11.8 Å². The molecule has 0 atom stereocenters. The van der Waals surface area contributed by atoms with Crippen LogP contribution in [0.15, 0.2) is 53.4 Å². The molecule has 0 aromatic heterocycles. The number of ether oxygens (including phenoxy) is 2. The van der Waals surface area contributed by atoms with Gasteiger partial charge in [-0.05, 0) is 43.3 Å². The van der Waals surface area contributed by atoms with E-state index in [9.17, 15) is 9.59 Å². The van der Waals surface area contributed by atoms with Crippen LogP contribution in [-0.2, 0) is 9.53 Å². The zero-order chi connectivity index (χ0) is 18.1. The number of methoxy groups -OCH3 is 1. The van der Waals surface area contributed by atoms with Crippen molar-refractivity contribution >= 4 is 23.6 Å². The predicted molar refractivity (Wildman–Crippen MR) is 98.2 cm³/mol. The van der Waals surface area contributed by atoms with Crippen molar-refractivity contribution in [1.82, 2.24) is 5.32 Å². The minimum Gasteiger partial charge on any atom is -0.497 e. The van der Waals surface area contributed by atoms with E-state index in [4.69, 9.17) is 9.47 Å². The number of thioether (sulfide) groups is 1. The van der Waals surface area contributed by atoms with Crippen LogP contribution < -0.4 is 10.1 Å². The zero-order valence-electron chi connectivity index (χ0n) is 14.3. The van der Waals surface area contributed by atoms with Gasteiger partial charge in [0, 0.05) is 17.2 Å². The van der Waals surface area contributed by atoms with Gasteiger partial charge in [0.25, 0.3) is 5.91 Å². The zero-order valence-corrected chi connectivity index (χ0v) is 15.1. The first-order valence-corrected chi connectivity index (χ1v) is 8.84. The number of nitrogens with one attached hydrogen (secondary N) is 1. The summed E-state index contributed by atoms with van der Waals surface area (Å²) in [6.07, 6.45) is 0. The Balaban J connectivity index is 1.64. The number of hydrogen-bond donors (Lipinski definition) is 1. The summed E-state index contributed by atoms with van der Waals surface area (Å²) >= 11 is 1.66. The number of benzene rings is 2. The fraction of sp³-hybridized carbons (Fsp3) is 0.263. The largest absolute Gasteiger partial charge is 0.497 e.